The van der Waals surface area contributed by atoms with E-state index < -0.39 is 11.9 Å². The number of amides is 1. The number of aromatic nitrogens is 2. The highest BCUT2D eigenvalue weighted by Gasteiger charge is 2.35. The predicted molar refractivity (Wildman–Crippen MR) is 99.4 cm³/mol. The summed E-state index contributed by atoms with van der Waals surface area (Å²) in [5.41, 5.74) is 0.375. The lowest BCUT2D eigenvalue weighted by Gasteiger charge is -2.12. The molecule has 146 valence electrons. The zero-order chi connectivity index (χ0) is 20.3. The molecule has 0 bridgehead atoms. The molecule has 0 atom stereocenters. The lowest BCUT2D eigenvalue weighted by atomic mass is 10.2. The van der Waals surface area contributed by atoms with Crippen LogP contribution in [0.4, 0.5) is 24.7 Å². The molecule has 0 radical (unpaired) electrons. The number of rotatable bonds is 6. The molecule has 1 aliphatic rings. The molecular formula is C19H18F3N5O. The lowest BCUT2D eigenvalue weighted by molar-refractivity contribution is -0.0584. The molecule has 1 aliphatic carbocycles. The SMILES string of the molecule is Cc1cccnc1C(=O)Nc1ccc(N/C(=C\C(=N)C(F)(F)F)C2CC2)nc1. The van der Waals surface area contributed by atoms with Crippen LogP contribution in [0.15, 0.2) is 48.4 Å². The molecule has 0 aliphatic heterocycles. The molecule has 1 saturated carbocycles. The molecule has 0 saturated heterocycles. The Balaban J connectivity index is 1.68. The zero-order valence-electron chi connectivity index (χ0n) is 15.0. The number of aryl methyl sites for hydroxylation is 1. The number of nitrogens with one attached hydrogen (secondary N) is 3. The van der Waals surface area contributed by atoms with Gasteiger partial charge in [0.2, 0.25) is 0 Å². The van der Waals surface area contributed by atoms with Gasteiger partial charge in [-0.1, -0.05) is 6.07 Å². The second kappa shape index (κ2) is 7.79. The molecule has 9 heteroatoms. The van der Waals surface area contributed by atoms with E-state index in [2.05, 4.69) is 20.6 Å². The summed E-state index contributed by atoms with van der Waals surface area (Å²) in [6.45, 7) is 1.78. The van der Waals surface area contributed by atoms with E-state index >= 15 is 0 Å². The van der Waals surface area contributed by atoms with Crippen molar-refractivity contribution >= 4 is 23.1 Å². The fourth-order valence-corrected chi connectivity index (χ4v) is 2.49. The van der Waals surface area contributed by atoms with Gasteiger partial charge in [0.15, 0.2) is 0 Å². The van der Waals surface area contributed by atoms with Crippen LogP contribution in [0.5, 0.6) is 0 Å². The molecule has 1 amide bonds. The number of carbonyl (C=O) groups is 1. The van der Waals surface area contributed by atoms with Crippen molar-refractivity contribution in [3.05, 3.63) is 59.7 Å². The maximum Gasteiger partial charge on any atom is 0.432 e. The third kappa shape index (κ3) is 4.93. The number of alkyl halides is 3. The van der Waals surface area contributed by atoms with Crippen molar-refractivity contribution < 1.29 is 18.0 Å². The Morgan fingerprint density at radius 2 is 1.96 bits per heavy atom. The van der Waals surface area contributed by atoms with Gasteiger partial charge >= 0.3 is 6.18 Å². The van der Waals surface area contributed by atoms with Crippen molar-refractivity contribution in [2.24, 2.45) is 5.92 Å². The van der Waals surface area contributed by atoms with Crippen LogP contribution in [-0.2, 0) is 0 Å². The summed E-state index contributed by atoms with van der Waals surface area (Å²) in [7, 11) is 0. The Bertz CT molecular complexity index is 918. The number of anilines is 2. The summed E-state index contributed by atoms with van der Waals surface area (Å²) in [5.74, 6) is -0.0750. The Labute approximate surface area is 159 Å². The van der Waals surface area contributed by atoms with Gasteiger partial charge in [0.1, 0.15) is 17.2 Å². The van der Waals surface area contributed by atoms with E-state index in [1.807, 2.05) is 0 Å². The van der Waals surface area contributed by atoms with Gasteiger partial charge in [-0.15, -0.1) is 0 Å². The van der Waals surface area contributed by atoms with Gasteiger partial charge < -0.3 is 10.6 Å². The first-order valence-corrected chi connectivity index (χ1v) is 8.57. The van der Waals surface area contributed by atoms with Crippen LogP contribution in [0.25, 0.3) is 0 Å². The van der Waals surface area contributed by atoms with Crippen molar-refractivity contribution in [2.45, 2.75) is 25.9 Å². The maximum absolute atomic E-state index is 12.6. The quantitative estimate of drug-likeness (QED) is 0.642. The first-order valence-electron chi connectivity index (χ1n) is 8.57. The molecule has 28 heavy (non-hydrogen) atoms. The van der Waals surface area contributed by atoms with Crippen molar-refractivity contribution in [3.63, 3.8) is 0 Å². The highest BCUT2D eigenvalue weighted by Crippen LogP contribution is 2.37. The zero-order valence-corrected chi connectivity index (χ0v) is 15.0. The number of pyridine rings is 2. The number of halogens is 3. The van der Waals surface area contributed by atoms with Crippen molar-refractivity contribution in [3.8, 4) is 0 Å². The summed E-state index contributed by atoms with van der Waals surface area (Å²) < 4.78 is 37.9. The fourth-order valence-electron chi connectivity index (χ4n) is 2.49. The molecule has 2 heterocycles. The summed E-state index contributed by atoms with van der Waals surface area (Å²) >= 11 is 0. The number of nitrogens with zero attached hydrogens (tertiary/aromatic N) is 2. The highest BCUT2D eigenvalue weighted by molar-refractivity contribution is 6.03. The largest absolute Gasteiger partial charge is 0.432 e. The number of allylic oxidation sites excluding steroid dienone is 2. The van der Waals surface area contributed by atoms with Crippen LogP contribution in [0.3, 0.4) is 0 Å². The second-order valence-corrected chi connectivity index (χ2v) is 6.47. The summed E-state index contributed by atoms with van der Waals surface area (Å²) in [6, 6.07) is 6.65. The van der Waals surface area contributed by atoms with Gasteiger partial charge in [0, 0.05) is 11.9 Å². The molecular weight excluding hydrogens is 371 g/mol. The van der Waals surface area contributed by atoms with E-state index in [0.29, 0.717) is 22.9 Å². The molecule has 0 aromatic carbocycles. The van der Waals surface area contributed by atoms with E-state index in [1.54, 1.807) is 31.2 Å². The van der Waals surface area contributed by atoms with Gasteiger partial charge in [-0.2, -0.15) is 13.2 Å². The first kappa shape index (κ1) is 19.5. The monoisotopic (exact) mass is 389 g/mol. The third-order valence-corrected chi connectivity index (χ3v) is 4.14. The van der Waals surface area contributed by atoms with Gasteiger partial charge in [0.05, 0.1) is 11.9 Å². The van der Waals surface area contributed by atoms with Gasteiger partial charge in [-0.3, -0.25) is 15.2 Å². The fraction of sp³-hybridized carbons (Fsp3) is 0.263. The minimum atomic E-state index is -4.69. The van der Waals surface area contributed by atoms with Crippen LogP contribution in [0.1, 0.15) is 28.9 Å². The highest BCUT2D eigenvalue weighted by atomic mass is 19.4. The normalized spacial score (nSPS) is 14.5. The van der Waals surface area contributed by atoms with E-state index in [-0.39, 0.29) is 11.8 Å². The Hall–Kier alpha value is -3.23. The maximum atomic E-state index is 12.6. The summed E-state index contributed by atoms with van der Waals surface area (Å²) in [6.07, 6.45) is 0.574. The minimum Gasteiger partial charge on any atom is -0.343 e. The average molecular weight is 389 g/mol. The Morgan fingerprint density at radius 1 is 1.21 bits per heavy atom. The molecule has 3 N–H and O–H groups in total. The summed E-state index contributed by atoms with van der Waals surface area (Å²) in [4.78, 5) is 20.4. The van der Waals surface area contributed by atoms with Crippen molar-refractivity contribution in [2.75, 3.05) is 10.6 Å². The number of hydrogen-bond donors (Lipinski definition) is 3. The first-order chi connectivity index (χ1) is 13.2. The van der Waals surface area contributed by atoms with Gasteiger partial charge in [-0.05, 0) is 55.5 Å². The molecule has 0 unspecified atom stereocenters. The Morgan fingerprint density at radius 3 is 2.54 bits per heavy atom. The van der Waals surface area contributed by atoms with Crippen LogP contribution in [-0.4, -0.2) is 27.8 Å². The molecule has 1 fully saturated rings. The molecule has 3 rings (SSSR count). The van der Waals surface area contributed by atoms with Crippen molar-refractivity contribution in [1.29, 1.82) is 5.41 Å². The standard InChI is InChI=1S/C19H18F3N5O/c1-11-3-2-8-24-17(11)18(28)26-13-6-7-16(25-10-13)27-14(12-4-5-12)9-15(23)19(20,21)22/h2-3,6-10,12,23H,4-5H2,1H3,(H,25,27)(H,26,28)/b14-9-,23-15?. The molecule has 2 aromatic heterocycles. The molecule has 6 nitrogen and oxygen atoms in total. The Kier molecular flexibility index (Phi) is 5.43. The van der Waals surface area contributed by atoms with Crippen LogP contribution < -0.4 is 10.6 Å². The van der Waals surface area contributed by atoms with E-state index in [0.717, 1.165) is 24.5 Å². The second-order valence-electron chi connectivity index (χ2n) is 6.47. The van der Waals surface area contributed by atoms with E-state index in [4.69, 9.17) is 5.41 Å². The smallest absolute Gasteiger partial charge is 0.343 e. The van der Waals surface area contributed by atoms with Crippen LogP contribution >= 0.6 is 0 Å². The van der Waals surface area contributed by atoms with Crippen LogP contribution in [0.2, 0.25) is 0 Å². The topological polar surface area (TPSA) is 90.8 Å². The van der Waals surface area contributed by atoms with Crippen LogP contribution in [0, 0.1) is 18.3 Å². The van der Waals surface area contributed by atoms with Gasteiger partial charge in [0.25, 0.3) is 5.91 Å². The number of carbonyl (C=O) groups excluding carboxylic acids is 1. The lowest BCUT2D eigenvalue weighted by Crippen LogP contribution is -2.21. The van der Waals surface area contributed by atoms with E-state index in [9.17, 15) is 18.0 Å². The molecule has 2 aromatic rings. The minimum absolute atomic E-state index is 0.0315. The average Bonchev–Trinajstić information content (AvgIpc) is 3.47. The van der Waals surface area contributed by atoms with E-state index in [1.165, 1.54) is 12.4 Å². The summed E-state index contributed by atoms with van der Waals surface area (Å²) in [5, 5.41) is 12.7. The predicted octanol–water partition coefficient (Wildman–Crippen LogP) is 4.33. The molecule has 0 spiro atoms. The third-order valence-electron chi connectivity index (χ3n) is 4.14. The van der Waals surface area contributed by atoms with Crippen molar-refractivity contribution in [1.82, 2.24) is 9.97 Å². The number of hydrogen-bond acceptors (Lipinski definition) is 5. The van der Waals surface area contributed by atoms with Gasteiger partial charge in [-0.25, -0.2) is 4.98 Å².